The van der Waals surface area contributed by atoms with Crippen molar-refractivity contribution in [1.29, 1.82) is 0 Å². The van der Waals surface area contributed by atoms with E-state index in [2.05, 4.69) is 12.2 Å². The van der Waals surface area contributed by atoms with Gasteiger partial charge >= 0.3 is 0 Å². The topological polar surface area (TPSA) is 27.7 Å². The van der Waals surface area contributed by atoms with E-state index < -0.39 is 11.6 Å². The minimum atomic E-state index is -0.861. The van der Waals surface area contributed by atoms with Crippen LogP contribution in [0.25, 0.3) is 0 Å². The molecule has 2 unspecified atom stereocenters. The molecule has 1 aromatic carbocycles. The lowest BCUT2D eigenvalue weighted by Crippen LogP contribution is -2.31. The van der Waals surface area contributed by atoms with E-state index in [1.165, 1.54) is 0 Å². The smallest absolute Gasteiger partial charge is 0.200 e. The third kappa shape index (κ3) is 6.02. The van der Waals surface area contributed by atoms with Crippen LogP contribution in [0.5, 0.6) is 5.75 Å². The highest BCUT2D eigenvalue weighted by atomic mass is 19.2. The lowest BCUT2D eigenvalue weighted by molar-refractivity contribution is -0.0795. The lowest BCUT2D eigenvalue weighted by Gasteiger charge is -2.32. The van der Waals surface area contributed by atoms with Gasteiger partial charge in [-0.3, -0.25) is 0 Å². The molecule has 1 aromatic rings. The summed E-state index contributed by atoms with van der Waals surface area (Å²) >= 11 is 0. The average molecular weight is 409 g/mol. The van der Waals surface area contributed by atoms with E-state index in [0.29, 0.717) is 24.7 Å². The summed E-state index contributed by atoms with van der Waals surface area (Å²) in [6.07, 6.45) is 11.0. The van der Waals surface area contributed by atoms with Gasteiger partial charge in [0.1, 0.15) is 0 Å². The van der Waals surface area contributed by atoms with Crippen LogP contribution in [-0.4, -0.2) is 32.0 Å². The number of halogens is 2. The molecule has 5 heteroatoms. The Hall–Kier alpha value is -1.46. The van der Waals surface area contributed by atoms with Crippen molar-refractivity contribution in [2.45, 2.75) is 76.9 Å². The second-order valence-corrected chi connectivity index (χ2v) is 8.25. The van der Waals surface area contributed by atoms with Gasteiger partial charge in [0, 0.05) is 5.92 Å². The maximum Gasteiger partial charge on any atom is 0.200 e. The first-order chi connectivity index (χ1) is 14.1. The summed E-state index contributed by atoms with van der Waals surface area (Å²) in [4.78, 5) is 0. The van der Waals surface area contributed by atoms with Crippen LogP contribution in [0, 0.1) is 17.6 Å². The van der Waals surface area contributed by atoms with E-state index in [1.54, 1.807) is 12.1 Å². The molecule has 0 aromatic heterocycles. The molecular formula is C24H34F2O3. The molecule has 29 heavy (non-hydrogen) atoms. The molecule has 2 aliphatic rings. The standard InChI is InChI=1S/C24H34F2O3/c1-3-5-17-6-9-20(28-15-17)16-29-19-10-7-18(8-11-19)21-12-13-22(27-14-4-2)24(26)23(21)25/h3,5,12-13,17-20H,4,6-11,14-16H2,1-2H3/b5-3+. The largest absolute Gasteiger partial charge is 0.490 e. The van der Waals surface area contributed by atoms with E-state index in [0.717, 1.165) is 51.6 Å². The molecule has 0 radical (unpaired) electrons. The maximum atomic E-state index is 14.5. The van der Waals surface area contributed by atoms with Crippen LogP contribution < -0.4 is 4.74 Å². The number of benzene rings is 1. The molecule has 1 saturated carbocycles. The second-order valence-electron chi connectivity index (χ2n) is 8.25. The van der Waals surface area contributed by atoms with Crippen LogP contribution in [0.2, 0.25) is 0 Å². The fraction of sp³-hybridized carbons (Fsp3) is 0.667. The van der Waals surface area contributed by atoms with Gasteiger partial charge in [-0.1, -0.05) is 25.1 Å². The van der Waals surface area contributed by atoms with Gasteiger partial charge in [-0.05, 0) is 69.4 Å². The van der Waals surface area contributed by atoms with Crippen molar-refractivity contribution in [3.05, 3.63) is 41.5 Å². The Morgan fingerprint density at radius 2 is 1.86 bits per heavy atom. The third-order valence-corrected chi connectivity index (χ3v) is 6.04. The quantitative estimate of drug-likeness (QED) is 0.482. The molecule has 1 heterocycles. The molecule has 0 amide bonds. The Kier molecular flexibility index (Phi) is 8.49. The molecule has 2 fully saturated rings. The number of ether oxygens (including phenoxy) is 3. The zero-order valence-corrected chi connectivity index (χ0v) is 17.7. The predicted molar refractivity (Wildman–Crippen MR) is 110 cm³/mol. The van der Waals surface area contributed by atoms with E-state index in [4.69, 9.17) is 14.2 Å². The highest BCUT2D eigenvalue weighted by molar-refractivity contribution is 5.33. The number of allylic oxidation sites excluding steroid dienone is 1. The van der Waals surface area contributed by atoms with Crippen molar-refractivity contribution < 1.29 is 23.0 Å². The highest BCUT2D eigenvalue weighted by Gasteiger charge is 2.28. The first kappa shape index (κ1) is 22.2. The van der Waals surface area contributed by atoms with Crippen molar-refractivity contribution in [2.75, 3.05) is 19.8 Å². The van der Waals surface area contributed by atoms with Gasteiger partial charge in [0.05, 0.1) is 32.0 Å². The maximum absolute atomic E-state index is 14.5. The summed E-state index contributed by atoms with van der Waals surface area (Å²) in [5.74, 6) is -1.04. The van der Waals surface area contributed by atoms with Gasteiger partial charge in [0.2, 0.25) is 5.82 Å². The summed E-state index contributed by atoms with van der Waals surface area (Å²) in [6, 6.07) is 3.25. The van der Waals surface area contributed by atoms with Crippen molar-refractivity contribution in [3.63, 3.8) is 0 Å². The van der Waals surface area contributed by atoms with Crippen molar-refractivity contribution in [2.24, 2.45) is 5.92 Å². The summed E-state index contributed by atoms with van der Waals surface area (Å²) in [5, 5.41) is 0. The minimum Gasteiger partial charge on any atom is -0.490 e. The number of hydrogen-bond donors (Lipinski definition) is 0. The molecule has 1 aliphatic heterocycles. The van der Waals surface area contributed by atoms with E-state index in [-0.39, 0.29) is 23.9 Å². The lowest BCUT2D eigenvalue weighted by atomic mass is 9.82. The first-order valence-corrected chi connectivity index (χ1v) is 11.1. The summed E-state index contributed by atoms with van der Waals surface area (Å²) in [6.45, 7) is 5.77. The van der Waals surface area contributed by atoms with Crippen LogP contribution in [0.3, 0.4) is 0 Å². The van der Waals surface area contributed by atoms with Crippen LogP contribution in [0.1, 0.15) is 70.3 Å². The first-order valence-electron chi connectivity index (χ1n) is 11.1. The van der Waals surface area contributed by atoms with Crippen molar-refractivity contribution in [3.8, 4) is 5.75 Å². The summed E-state index contributed by atoms with van der Waals surface area (Å²) < 4.78 is 46.1. The monoisotopic (exact) mass is 408 g/mol. The zero-order valence-electron chi connectivity index (χ0n) is 17.7. The van der Waals surface area contributed by atoms with E-state index in [9.17, 15) is 8.78 Å². The summed E-state index contributed by atoms with van der Waals surface area (Å²) in [5.41, 5.74) is 0.468. The normalized spacial score (nSPS) is 28.0. The van der Waals surface area contributed by atoms with Crippen molar-refractivity contribution >= 4 is 0 Å². The highest BCUT2D eigenvalue weighted by Crippen LogP contribution is 2.37. The number of rotatable bonds is 8. The second kappa shape index (κ2) is 11.1. The van der Waals surface area contributed by atoms with Crippen molar-refractivity contribution in [1.82, 2.24) is 0 Å². The van der Waals surface area contributed by atoms with Gasteiger partial charge in [0.25, 0.3) is 0 Å². The Labute approximate surface area is 173 Å². The molecule has 1 aliphatic carbocycles. The molecular weight excluding hydrogens is 374 g/mol. The fourth-order valence-corrected chi connectivity index (χ4v) is 4.35. The molecule has 3 nitrogen and oxygen atoms in total. The van der Waals surface area contributed by atoms with Gasteiger partial charge in [0.15, 0.2) is 11.6 Å². The molecule has 162 valence electrons. The zero-order chi connectivity index (χ0) is 20.6. The average Bonchev–Trinajstić information content (AvgIpc) is 2.75. The molecule has 1 saturated heterocycles. The van der Waals surface area contributed by atoms with Gasteiger partial charge in [-0.15, -0.1) is 0 Å². The Morgan fingerprint density at radius 1 is 1.07 bits per heavy atom. The molecule has 0 bridgehead atoms. The molecule has 0 spiro atoms. The molecule has 2 atom stereocenters. The predicted octanol–water partition coefficient (Wildman–Crippen LogP) is 6.17. The van der Waals surface area contributed by atoms with Gasteiger partial charge in [-0.2, -0.15) is 4.39 Å². The van der Waals surface area contributed by atoms with Crippen LogP contribution in [0.15, 0.2) is 24.3 Å². The molecule has 3 rings (SSSR count). The van der Waals surface area contributed by atoms with Gasteiger partial charge < -0.3 is 14.2 Å². The van der Waals surface area contributed by atoms with Crippen LogP contribution in [0.4, 0.5) is 8.78 Å². The molecule has 0 N–H and O–H groups in total. The van der Waals surface area contributed by atoms with E-state index >= 15 is 0 Å². The fourth-order valence-electron chi connectivity index (χ4n) is 4.35. The van der Waals surface area contributed by atoms with Crippen LogP contribution in [-0.2, 0) is 9.47 Å². The van der Waals surface area contributed by atoms with Crippen LogP contribution >= 0.6 is 0 Å². The minimum absolute atomic E-state index is 0.00858. The Balaban J connectivity index is 1.44. The summed E-state index contributed by atoms with van der Waals surface area (Å²) in [7, 11) is 0. The Morgan fingerprint density at radius 3 is 2.52 bits per heavy atom. The Bertz CT molecular complexity index is 660. The third-order valence-electron chi connectivity index (χ3n) is 6.04. The van der Waals surface area contributed by atoms with Gasteiger partial charge in [-0.25, -0.2) is 4.39 Å². The number of hydrogen-bond acceptors (Lipinski definition) is 3. The van der Waals surface area contributed by atoms with E-state index in [1.807, 2.05) is 13.8 Å². The SMILES string of the molecule is C/C=C/C1CCC(COC2CCC(c3ccc(OCCC)c(F)c3F)CC2)OC1.